The van der Waals surface area contributed by atoms with Crippen molar-refractivity contribution < 1.29 is 9.90 Å². The Balaban J connectivity index is 2.03. The Hall–Kier alpha value is -1.45. The second kappa shape index (κ2) is 3.02. The Labute approximate surface area is 87.4 Å². The fraction of sp³-hybridized carbons (Fsp3) is 0.545. The zero-order valence-electron chi connectivity index (χ0n) is 8.31. The maximum atomic E-state index is 11.0. The Bertz CT molecular complexity index is 423. The van der Waals surface area contributed by atoms with E-state index in [4.69, 9.17) is 5.11 Å². The topological polar surface area (TPSA) is 63.1 Å². The van der Waals surface area contributed by atoms with Gasteiger partial charge in [0.05, 0.1) is 11.3 Å². The molecule has 0 amide bonds. The Morgan fingerprint density at radius 1 is 1.27 bits per heavy atom. The molecule has 1 heterocycles. The van der Waals surface area contributed by atoms with Crippen LogP contribution in [0.15, 0.2) is 6.20 Å². The molecule has 2 saturated carbocycles. The second-order valence-corrected chi connectivity index (χ2v) is 4.38. The van der Waals surface area contributed by atoms with Gasteiger partial charge in [-0.25, -0.2) is 14.8 Å². The first-order chi connectivity index (χ1) is 7.25. The number of carboxylic acids is 1. The van der Waals surface area contributed by atoms with Gasteiger partial charge in [0.1, 0.15) is 5.82 Å². The highest BCUT2D eigenvalue weighted by atomic mass is 16.4. The van der Waals surface area contributed by atoms with Crippen molar-refractivity contribution in [1.29, 1.82) is 0 Å². The van der Waals surface area contributed by atoms with Gasteiger partial charge in [-0.1, -0.05) is 0 Å². The lowest BCUT2D eigenvalue weighted by Crippen LogP contribution is -2.07. The quantitative estimate of drug-likeness (QED) is 0.817. The SMILES string of the molecule is O=C(O)c1cnc(C2CC2)nc1C1CC1. The van der Waals surface area contributed by atoms with E-state index in [0.717, 1.165) is 37.2 Å². The molecule has 4 heteroatoms. The van der Waals surface area contributed by atoms with Crippen LogP contribution in [-0.2, 0) is 0 Å². The maximum Gasteiger partial charge on any atom is 0.339 e. The first-order valence-electron chi connectivity index (χ1n) is 5.36. The molecule has 1 aromatic rings. The maximum absolute atomic E-state index is 11.0. The summed E-state index contributed by atoms with van der Waals surface area (Å²) in [7, 11) is 0. The van der Waals surface area contributed by atoms with Crippen LogP contribution in [0.1, 0.15) is 59.4 Å². The van der Waals surface area contributed by atoms with Gasteiger partial charge in [0.15, 0.2) is 0 Å². The average Bonchev–Trinajstić information content (AvgIpc) is 3.07. The molecule has 1 aromatic heterocycles. The van der Waals surface area contributed by atoms with Crippen molar-refractivity contribution in [2.45, 2.75) is 37.5 Å². The first kappa shape index (κ1) is 8.83. The zero-order chi connectivity index (χ0) is 10.4. The van der Waals surface area contributed by atoms with Crippen LogP contribution in [0.3, 0.4) is 0 Å². The second-order valence-electron chi connectivity index (χ2n) is 4.38. The van der Waals surface area contributed by atoms with Crippen molar-refractivity contribution in [3.63, 3.8) is 0 Å². The smallest absolute Gasteiger partial charge is 0.339 e. The van der Waals surface area contributed by atoms with Gasteiger partial charge >= 0.3 is 5.97 Å². The normalized spacial score (nSPS) is 20.3. The first-order valence-corrected chi connectivity index (χ1v) is 5.36. The number of hydrogen-bond donors (Lipinski definition) is 1. The van der Waals surface area contributed by atoms with E-state index < -0.39 is 5.97 Å². The minimum absolute atomic E-state index is 0.293. The van der Waals surface area contributed by atoms with Gasteiger partial charge < -0.3 is 5.11 Å². The van der Waals surface area contributed by atoms with Crippen LogP contribution in [0, 0.1) is 0 Å². The number of aromatic carboxylic acids is 1. The third-order valence-electron chi connectivity index (χ3n) is 2.97. The van der Waals surface area contributed by atoms with E-state index in [-0.39, 0.29) is 0 Å². The molecule has 0 aliphatic heterocycles. The molecule has 2 fully saturated rings. The Morgan fingerprint density at radius 3 is 2.47 bits per heavy atom. The molecule has 2 aliphatic rings. The van der Waals surface area contributed by atoms with E-state index >= 15 is 0 Å². The van der Waals surface area contributed by atoms with Crippen LogP contribution in [0.5, 0.6) is 0 Å². The number of hydrogen-bond acceptors (Lipinski definition) is 3. The lowest BCUT2D eigenvalue weighted by molar-refractivity contribution is 0.0694. The fourth-order valence-corrected chi connectivity index (χ4v) is 1.78. The highest BCUT2D eigenvalue weighted by Crippen LogP contribution is 2.43. The predicted molar refractivity (Wildman–Crippen MR) is 52.9 cm³/mol. The largest absolute Gasteiger partial charge is 0.478 e. The van der Waals surface area contributed by atoms with Crippen LogP contribution in [0.2, 0.25) is 0 Å². The van der Waals surface area contributed by atoms with E-state index in [1.165, 1.54) is 6.20 Å². The monoisotopic (exact) mass is 204 g/mol. The molecule has 15 heavy (non-hydrogen) atoms. The Kier molecular flexibility index (Phi) is 1.78. The molecule has 0 atom stereocenters. The summed E-state index contributed by atoms with van der Waals surface area (Å²) in [4.78, 5) is 19.5. The lowest BCUT2D eigenvalue weighted by Gasteiger charge is -2.05. The number of carboxylic acid groups (broad SMARTS) is 1. The lowest BCUT2D eigenvalue weighted by atomic mass is 10.1. The summed E-state index contributed by atoms with van der Waals surface area (Å²) in [5.74, 6) is 0.808. The summed E-state index contributed by atoms with van der Waals surface area (Å²) >= 11 is 0. The minimum Gasteiger partial charge on any atom is -0.478 e. The van der Waals surface area contributed by atoms with Gasteiger partial charge in [-0.2, -0.15) is 0 Å². The fourth-order valence-electron chi connectivity index (χ4n) is 1.78. The van der Waals surface area contributed by atoms with Crippen LogP contribution >= 0.6 is 0 Å². The van der Waals surface area contributed by atoms with Crippen LogP contribution in [0.25, 0.3) is 0 Å². The molecule has 4 nitrogen and oxygen atoms in total. The highest BCUT2D eigenvalue weighted by Gasteiger charge is 2.33. The van der Waals surface area contributed by atoms with Crippen molar-refractivity contribution in [2.75, 3.05) is 0 Å². The van der Waals surface area contributed by atoms with E-state index in [2.05, 4.69) is 9.97 Å². The van der Waals surface area contributed by atoms with Crippen molar-refractivity contribution in [2.24, 2.45) is 0 Å². The molecule has 0 unspecified atom stereocenters. The summed E-state index contributed by atoms with van der Waals surface area (Å²) in [5, 5.41) is 9.01. The van der Waals surface area contributed by atoms with Gasteiger partial charge in [-0.3, -0.25) is 0 Å². The van der Waals surface area contributed by atoms with Crippen molar-refractivity contribution >= 4 is 5.97 Å². The third kappa shape index (κ3) is 1.60. The molecule has 0 spiro atoms. The molecular formula is C11H12N2O2. The Morgan fingerprint density at radius 2 is 1.93 bits per heavy atom. The molecule has 78 valence electrons. The molecule has 1 N–H and O–H groups in total. The van der Waals surface area contributed by atoms with E-state index in [9.17, 15) is 4.79 Å². The molecule has 0 saturated heterocycles. The van der Waals surface area contributed by atoms with Crippen LogP contribution < -0.4 is 0 Å². The number of carbonyl (C=O) groups is 1. The zero-order valence-corrected chi connectivity index (χ0v) is 8.31. The van der Waals surface area contributed by atoms with Crippen molar-refractivity contribution in [3.05, 3.63) is 23.3 Å². The summed E-state index contributed by atoms with van der Waals surface area (Å²) in [6.45, 7) is 0. The van der Waals surface area contributed by atoms with Crippen LogP contribution in [-0.4, -0.2) is 21.0 Å². The highest BCUT2D eigenvalue weighted by molar-refractivity contribution is 5.88. The molecule has 0 bridgehead atoms. The average molecular weight is 204 g/mol. The summed E-state index contributed by atoms with van der Waals surface area (Å²) in [6, 6.07) is 0. The van der Waals surface area contributed by atoms with Crippen molar-refractivity contribution in [3.8, 4) is 0 Å². The summed E-state index contributed by atoms with van der Waals surface area (Å²) in [5.41, 5.74) is 1.06. The van der Waals surface area contributed by atoms with Gasteiger partial charge in [-0.05, 0) is 25.7 Å². The van der Waals surface area contributed by atoms with Crippen LogP contribution in [0.4, 0.5) is 0 Å². The number of rotatable bonds is 3. The molecule has 0 radical (unpaired) electrons. The van der Waals surface area contributed by atoms with E-state index in [0.29, 0.717) is 17.4 Å². The van der Waals surface area contributed by atoms with Gasteiger partial charge in [-0.15, -0.1) is 0 Å². The molecular weight excluding hydrogens is 192 g/mol. The van der Waals surface area contributed by atoms with Gasteiger partial charge in [0, 0.05) is 18.0 Å². The predicted octanol–water partition coefficient (Wildman–Crippen LogP) is 1.93. The summed E-state index contributed by atoms with van der Waals surface area (Å²) in [6.07, 6.45) is 5.92. The van der Waals surface area contributed by atoms with Gasteiger partial charge in [0.25, 0.3) is 0 Å². The summed E-state index contributed by atoms with van der Waals surface area (Å²) < 4.78 is 0. The number of aromatic nitrogens is 2. The van der Waals surface area contributed by atoms with Crippen molar-refractivity contribution in [1.82, 2.24) is 9.97 Å². The molecule has 3 rings (SSSR count). The van der Waals surface area contributed by atoms with Gasteiger partial charge in [0.2, 0.25) is 0 Å². The van der Waals surface area contributed by atoms with E-state index in [1.807, 2.05) is 0 Å². The van der Waals surface area contributed by atoms with E-state index in [1.54, 1.807) is 0 Å². The standard InChI is InChI=1S/C11H12N2O2/c14-11(15)8-5-12-10(7-3-4-7)13-9(8)6-1-2-6/h5-7H,1-4H2,(H,14,15). The molecule has 0 aromatic carbocycles. The third-order valence-corrected chi connectivity index (χ3v) is 2.97. The number of nitrogens with zero attached hydrogens (tertiary/aromatic N) is 2. The minimum atomic E-state index is -0.903. The molecule has 2 aliphatic carbocycles.